The van der Waals surface area contributed by atoms with Crippen LogP contribution in [0, 0.1) is 6.92 Å². The van der Waals surface area contributed by atoms with Crippen LogP contribution in [0.15, 0.2) is 6.08 Å². The van der Waals surface area contributed by atoms with E-state index in [1.165, 1.54) is 0 Å². The first-order valence-corrected chi connectivity index (χ1v) is 7.21. The summed E-state index contributed by atoms with van der Waals surface area (Å²) in [5.74, 6) is 0.582. The Hall–Kier alpha value is -2.18. The Kier molecular flexibility index (Phi) is 5.84. The van der Waals surface area contributed by atoms with Gasteiger partial charge in [0, 0.05) is 12.7 Å². The molecule has 3 N–H and O–H groups in total. The van der Waals surface area contributed by atoms with E-state index in [1.54, 1.807) is 17.8 Å². The smallest absolute Gasteiger partial charge is 0.407 e. The van der Waals surface area contributed by atoms with Crippen molar-refractivity contribution in [3.8, 4) is 5.88 Å². The van der Waals surface area contributed by atoms with Crippen LogP contribution in [-0.2, 0) is 11.8 Å². The Bertz CT molecular complexity index is 556. The number of rotatable bonds is 5. The zero-order chi connectivity index (χ0) is 16.9. The Morgan fingerprint density at radius 1 is 1.45 bits per heavy atom. The summed E-state index contributed by atoms with van der Waals surface area (Å²) >= 11 is 0. The second-order valence-electron chi connectivity index (χ2n) is 5.91. The standard InChI is InChI=1S/C15H26N4O3/c1-7-11(16)12-10(2)18-19(6)13(12)21-9-8-17-14(20)22-15(3,4)5/h7H,8-9,16H2,1-6H3,(H,17,20)/b11-7-. The molecule has 0 bridgehead atoms. The van der Waals surface area contributed by atoms with E-state index in [1.807, 2.05) is 34.6 Å². The highest BCUT2D eigenvalue weighted by Gasteiger charge is 2.17. The average Bonchev–Trinajstić information content (AvgIpc) is 2.66. The largest absolute Gasteiger partial charge is 0.475 e. The van der Waals surface area contributed by atoms with Crippen molar-refractivity contribution in [3.63, 3.8) is 0 Å². The fourth-order valence-electron chi connectivity index (χ4n) is 1.89. The first kappa shape index (κ1) is 17.9. The van der Waals surface area contributed by atoms with E-state index in [4.69, 9.17) is 15.2 Å². The summed E-state index contributed by atoms with van der Waals surface area (Å²) in [5, 5.41) is 6.94. The minimum atomic E-state index is -0.516. The van der Waals surface area contributed by atoms with Gasteiger partial charge in [0.1, 0.15) is 12.2 Å². The molecule has 0 radical (unpaired) electrons. The van der Waals surface area contributed by atoms with Gasteiger partial charge in [-0.2, -0.15) is 5.10 Å². The monoisotopic (exact) mass is 310 g/mol. The van der Waals surface area contributed by atoms with Crippen molar-refractivity contribution in [2.75, 3.05) is 13.2 Å². The molecule has 7 heteroatoms. The summed E-state index contributed by atoms with van der Waals surface area (Å²) in [6.45, 7) is 9.79. The molecule has 0 saturated heterocycles. The fourth-order valence-corrected chi connectivity index (χ4v) is 1.89. The lowest BCUT2D eigenvalue weighted by molar-refractivity contribution is 0.0519. The Morgan fingerprint density at radius 2 is 2.09 bits per heavy atom. The highest BCUT2D eigenvalue weighted by Crippen LogP contribution is 2.26. The Morgan fingerprint density at radius 3 is 2.64 bits per heavy atom. The number of carbonyl (C=O) groups excluding carboxylic acids is 1. The number of nitrogens with one attached hydrogen (secondary N) is 1. The maximum atomic E-state index is 11.5. The SMILES string of the molecule is C/C=C(\N)c1c(C)nn(C)c1OCCNC(=O)OC(C)(C)C. The van der Waals surface area contributed by atoms with Gasteiger partial charge < -0.3 is 20.5 Å². The first-order valence-electron chi connectivity index (χ1n) is 7.21. The van der Waals surface area contributed by atoms with E-state index >= 15 is 0 Å². The molecule has 22 heavy (non-hydrogen) atoms. The molecule has 0 atom stereocenters. The van der Waals surface area contributed by atoms with Crippen LogP contribution in [0.5, 0.6) is 5.88 Å². The molecule has 1 aromatic heterocycles. The summed E-state index contributed by atoms with van der Waals surface area (Å²) in [7, 11) is 1.79. The Balaban J connectivity index is 2.58. The van der Waals surface area contributed by atoms with Crippen LogP contribution in [0.4, 0.5) is 4.79 Å². The van der Waals surface area contributed by atoms with Gasteiger partial charge in [-0.05, 0) is 34.6 Å². The van der Waals surface area contributed by atoms with E-state index < -0.39 is 11.7 Å². The van der Waals surface area contributed by atoms with Gasteiger partial charge in [-0.1, -0.05) is 6.08 Å². The van der Waals surface area contributed by atoms with Crippen LogP contribution in [0.1, 0.15) is 39.0 Å². The van der Waals surface area contributed by atoms with Crippen LogP contribution in [0.25, 0.3) is 5.70 Å². The molecule has 1 aromatic rings. The second-order valence-corrected chi connectivity index (χ2v) is 5.91. The molecule has 1 amide bonds. The zero-order valence-electron chi connectivity index (χ0n) is 14.2. The number of hydrogen-bond acceptors (Lipinski definition) is 5. The van der Waals surface area contributed by atoms with Gasteiger partial charge in [-0.3, -0.25) is 0 Å². The van der Waals surface area contributed by atoms with E-state index in [9.17, 15) is 4.79 Å². The van der Waals surface area contributed by atoms with Gasteiger partial charge in [0.05, 0.1) is 17.8 Å². The van der Waals surface area contributed by atoms with Crippen LogP contribution in [0.2, 0.25) is 0 Å². The molecule has 0 fully saturated rings. The quantitative estimate of drug-likeness (QED) is 0.811. The number of alkyl carbamates (subject to hydrolysis) is 1. The first-order chi connectivity index (χ1) is 10.2. The number of carbonyl (C=O) groups is 1. The lowest BCUT2D eigenvalue weighted by atomic mass is 10.2. The molecule has 124 valence electrons. The van der Waals surface area contributed by atoms with Gasteiger partial charge in [0.15, 0.2) is 0 Å². The Labute approximate surface area is 131 Å². The molecule has 0 spiro atoms. The summed E-state index contributed by atoms with van der Waals surface area (Å²) < 4.78 is 12.5. The number of nitrogens with two attached hydrogens (primary N) is 1. The van der Waals surface area contributed by atoms with Crippen LogP contribution < -0.4 is 15.8 Å². The maximum absolute atomic E-state index is 11.5. The third kappa shape index (κ3) is 4.98. The third-order valence-corrected chi connectivity index (χ3v) is 2.78. The molecular weight excluding hydrogens is 284 g/mol. The van der Waals surface area contributed by atoms with Crippen molar-refractivity contribution in [3.05, 3.63) is 17.3 Å². The van der Waals surface area contributed by atoms with E-state index in [0.717, 1.165) is 11.3 Å². The third-order valence-electron chi connectivity index (χ3n) is 2.78. The van der Waals surface area contributed by atoms with Crippen LogP contribution >= 0.6 is 0 Å². The van der Waals surface area contributed by atoms with Crippen molar-refractivity contribution in [1.29, 1.82) is 0 Å². The summed E-state index contributed by atoms with van der Waals surface area (Å²) in [6, 6.07) is 0. The molecule has 0 aliphatic heterocycles. The predicted octanol–water partition coefficient (Wildman–Crippen LogP) is 1.95. The van der Waals surface area contributed by atoms with Crippen LogP contribution in [-0.4, -0.2) is 34.6 Å². The molecule has 0 unspecified atom stereocenters. The second kappa shape index (κ2) is 7.20. The molecule has 1 rings (SSSR count). The molecule has 1 heterocycles. The number of amides is 1. The molecule has 0 saturated carbocycles. The molecule has 7 nitrogen and oxygen atoms in total. The molecule has 0 aliphatic carbocycles. The van der Waals surface area contributed by atoms with Gasteiger partial charge in [-0.15, -0.1) is 0 Å². The van der Waals surface area contributed by atoms with Gasteiger partial charge in [-0.25, -0.2) is 9.48 Å². The number of allylic oxidation sites excluding steroid dienone is 1. The number of ether oxygens (including phenoxy) is 2. The molecular formula is C15H26N4O3. The number of aromatic nitrogens is 2. The van der Waals surface area contributed by atoms with Crippen molar-refractivity contribution in [2.45, 2.75) is 40.2 Å². The average molecular weight is 310 g/mol. The van der Waals surface area contributed by atoms with Crippen molar-refractivity contribution < 1.29 is 14.3 Å². The topological polar surface area (TPSA) is 91.4 Å². The van der Waals surface area contributed by atoms with E-state index in [-0.39, 0.29) is 0 Å². The minimum Gasteiger partial charge on any atom is -0.475 e. The number of nitrogens with zero attached hydrogens (tertiary/aromatic N) is 2. The lowest BCUT2D eigenvalue weighted by Gasteiger charge is -2.19. The summed E-state index contributed by atoms with van der Waals surface area (Å²) in [6.07, 6.45) is 1.33. The van der Waals surface area contributed by atoms with E-state index in [2.05, 4.69) is 10.4 Å². The van der Waals surface area contributed by atoms with Crippen molar-refractivity contribution in [1.82, 2.24) is 15.1 Å². The summed E-state index contributed by atoms with van der Waals surface area (Å²) in [5.41, 5.74) is 7.64. The normalized spacial score (nSPS) is 12.2. The zero-order valence-corrected chi connectivity index (χ0v) is 14.2. The highest BCUT2D eigenvalue weighted by molar-refractivity contribution is 5.68. The lowest BCUT2D eigenvalue weighted by Crippen LogP contribution is -2.34. The predicted molar refractivity (Wildman–Crippen MR) is 85.5 cm³/mol. The van der Waals surface area contributed by atoms with Gasteiger partial charge in [0.2, 0.25) is 5.88 Å². The minimum absolute atomic E-state index is 0.294. The van der Waals surface area contributed by atoms with Crippen molar-refractivity contribution in [2.24, 2.45) is 12.8 Å². The molecule has 0 aliphatic rings. The number of hydrogen-bond donors (Lipinski definition) is 2. The van der Waals surface area contributed by atoms with E-state index in [0.29, 0.717) is 24.7 Å². The van der Waals surface area contributed by atoms with Gasteiger partial charge >= 0.3 is 6.09 Å². The van der Waals surface area contributed by atoms with Gasteiger partial charge in [0.25, 0.3) is 0 Å². The fraction of sp³-hybridized carbons (Fsp3) is 0.600. The molecule has 0 aromatic carbocycles. The highest BCUT2D eigenvalue weighted by atomic mass is 16.6. The summed E-state index contributed by atoms with van der Waals surface area (Å²) in [4.78, 5) is 11.5. The maximum Gasteiger partial charge on any atom is 0.407 e. The van der Waals surface area contributed by atoms with Crippen molar-refractivity contribution >= 4 is 11.8 Å². The number of aryl methyl sites for hydroxylation is 2. The van der Waals surface area contributed by atoms with Crippen LogP contribution in [0.3, 0.4) is 0 Å².